The first-order chi connectivity index (χ1) is 8.18. The molecule has 0 aromatic heterocycles. The second-order valence-electron chi connectivity index (χ2n) is 4.94. The fraction of sp³-hybridized carbons (Fsp3) is 0.571. The Morgan fingerprint density at radius 3 is 2.47 bits per heavy atom. The van der Waals surface area contributed by atoms with Crippen LogP contribution in [-0.2, 0) is 0 Å². The molecule has 17 heavy (non-hydrogen) atoms. The second kappa shape index (κ2) is 6.53. The average Bonchev–Trinajstić information content (AvgIpc) is 2.60. The average molecular weight is 408 g/mol. The van der Waals surface area contributed by atoms with E-state index in [1.54, 1.807) is 0 Å². The molecule has 0 amide bonds. The Labute approximate surface area is 126 Å². The number of benzene rings is 1. The lowest BCUT2D eigenvalue weighted by Crippen LogP contribution is -2.22. The van der Waals surface area contributed by atoms with Crippen LogP contribution in [0.3, 0.4) is 0 Å². The van der Waals surface area contributed by atoms with Gasteiger partial charge in [0.15, 0.2) is 0 Å². The summed E-state index contributed by atoms with van der Waals surface area (Å²) in [7, 11) is 0. The summed E-state index contributed by atoms with van der Waals surface area (Å²) >= 11 is 5.94. The van der Waals surface area contributed by atoms with Crippen LogP contribution in [0.25, 0.3) is 0 Å². The number of nitrogens with two attached hydrogens (primary N) is 1. The molecule has 1 unspecified atom stereocenters. The van der Waals surface area contributed by atoms with Crippen molar-refractivity contribution in [1.29, 1.82) is 0 Å². The molecule has 1 saturated carbocycles. The molecular weight excluding hydrogens is 389 g/mol. The summed E-state index contributed by atoms with van der Waals surface area (Å²) in [6, 6.07) is 6.64. The number of hydrogen-bond acceptors (Lipinski definition) is 1. The predicted octanol–water partition coefficient (Wildman–Crippen LogP) is 5.02. The van der Waals surface area contributed by atoms with Crippen molar-refractivity contribution in [2.24, 2.45) is 11.7 Å². The molecule has 2 N–H and O–H groups in total. The van der Waals surface area contributed by atoms with Crippen molar-refractivity contribution in [2.75, 3.05) is 0 Å². The van der Waals surface area contributed by atoms with Gasteiger partial charge in [0, 0.05) is 14.1 Å². The Balaban J connectivity index is 2.16. The van der Waals surface area contributed by atoms with Crippen molar-refractivity contribution in [3.8, 4) is 0 Å². The van der Waals surface area contributed by atoms with E-state index >= 15 is 0 Å². The van der Waals surface area contributed by atoms with E-state index in [2.05, 4.69) is 56.7 Å². The highest BCUT2D eigenvalue weighted by atomic mass is 127. The predicted molar refractivity (Wildman–Crippen MR) is 85.0 cm³/mol. The van der Waals surface area contributed by atoms with Crippen molar-refractivity contribution in [3.63, 3.8) is 0 Å². The minimum absolute atomic E-state index is 0.206. The zero-order chi connectivity index (χ0) is 12.3. The number of halogens is 2. The Morgan fingerprint density at radius 1 is 1.18 bits per heavy atom. The van der Waals surface area contributed by atoms with Crippen LogP contribution in [0.5, 0.6) is 0 Å². The van der Waals surface area contributed by atoms with E-state index in [9.17, 15) is 0 Å². The highest BCUT2D eigenvalue weighted by molar-refractivity contribution is 14.1. The molecule has 0 saturated heterocycles. The van der Waals surface area contributed by atoms with Crippen LogP contribution < -0.4 is 5.73 Å². The van der Waals surface area contributed by atoms with Gasteiger partial charge in [0.2, 0.25) is 0 Å². The Kier molecular flexibility index (Phi) is 5.30. The normalized spacial score (nSPS) is 19.9. The number of rotatable bonds is 2. The first-order valence-electron chi connectivity index (χ1n) is 6.39. The Bertz CT molecular complexity index is 372. The maximum Gasteiger partial charge on any atom is 0.0334 e. The van der Waals surface area contributed by atoms with E-state index in [4.69, 9.17) is 5.73 Å². The lowest BCUT2D eigenvalue weighted by Gasteiger charge is -2.24. The molecule has 94 valence electrons. The van der Waals surface area contributed by atoms with E-state index in [0.29, 0.717) is 5.92 Å². The van der Waals surface area contributed by atoms with Crippen LogP contribution in [0, 0.1) is 9.49 Å². The van der Waals surface area contributed by atoms with Crippen LogP contribution in [0.4, 0.5) is 0 Å². The van der Waals surface area contributed by atoms with E-state index < -0.39 is 0 Å². The lowest BCUT2D eigenvalue weighted by molar-refractivity contribution is 0.381. The standard InChI is InChI=1S/C14H19BrIN/c15-11-7-8-13(16)12(9-11)14(17)10-5-3-1-2-4-6-10/h7-10,14H,1-6,17H2. The quantitative estimate of drug-likeness (QED) is 0.540. The van der Waals surface area contributed by atoms with Crippen LogP contribution in [-0.4, -0.2) is 0 Å². The van der Waals surface area contributed by atoms with E-state index in [1.807, 2.05) is 0 Å². The summed E-state index contributed by atoms with van der Waals surface area (Å²) in [5, 5.41) is 0. The molecule has 0 spiro atoms. The summed E-state index contributed by atoms with van der Waals surface area (Å²) in [6.45, 7) is 0. The highest BCUT2D eigenvalue weighted by Gasteiger charge is 2.22. The topological polar surface area (TPSA) is 26.0 Å². The maximum absolute atomic E-state index is 6.48. The van der Waals surface area contributed by atoms with Gasteiger partial charge in [0.1, 0.15) is 0 Å². The molecule has 1 aromatic rings. The second-order valence-corrected chi connectivity index (χ2v) is 7.02. The first kappa shape index (κ1) is 13.8. The molecule has 1 fully saturated rings. The molecule has 0 radical (unpaired) electrons. The van der Waals surface area contributed by atoms with Gasteiger partial charge in [-0.2, -0.15) is 0 Å². The van der Waals surface area contributed by atoms with Gasteiger partial charge in [-0.15, -0.1) is 0 Å². The smallest absolute Gasteiger partial charge is 0.0334 e. The van der Waals surface area contributed by atoms with Crippen molar-refractivity contribution in [2.45, 2.75) is 44.6 Å². The summed E-state index contributed by atoms with van der Waals surface area (Å²) in [5.41, 5.74) is 7.80. The minimum Gasteiger partial charge on any atom is -0.324 e. The fourth-order valence-electron chi connectivity index (χ4n) is 2.69. The summed E-state index contributed by atoms with van der Waals surface area (Å²) in [4.78, 5) is 0. The van der Waals surface area contributed by atoms with E-state index in [-0.39, 0.29) is 6.04 Å². The number of hydrogen-bond donors (Lipinski definition) is 1. The zero-order valence-corrected chi connectivity index (χ0v) is 13.7. The molecule has 1 aromatic carbocycles. The maximum atomic E-state index is 6.48. The molecule has 1 nitrogen and oxygen atoms in total. The Morgan fingerprint density at radius 2 is 1.82 bits per heavy atom. The van der Waals surface area contributed by atoms with Crippen LogP contribution in [0.1, 0.15) is 50.1 Å². The molecule has 0 aliphatic heterocycles. The fourth-order valence-corrected chi connectivity index (χ4v) is 3.77. The van der Waals surface area contributed by atoms with Gasteiger partial charge in [-0.3, -0.25) is 0 Å². The van der Waals surface area contributed by atoms with Gasteiger partial charge in [-0.05, 0) is 65.1 Å². The molecule has 1 aliphatic rings. The van der Waals surface area contributed by atoms with Crippen LogP contribution in [0.2, 0.25) is 0 Å². The largest absolute Gasteiger partial charge is 0.324 e. The highest BCUT2D eigenvalue weighted by Crippen LogP contribution is 2.34. The summed E-state index contributed by atoms with van der Waals surface area (Å²) in [5.74, 6) is 0.667. The van der Waals surface area contributed by atoms with Gasteiger partial charge < -0.3 is 5.73 Å². The molecule has 3 heteroatoms. The van der Waals surface area contributed by atoms with Crippen LogP contribution in [0.15, 0.2) is 22.7 Å². The van der Waals surface area contributed by atoms with Gasteiger partial charge in [0.05, 0.1) is 0 Å². The van der Waals surface area contributed by atoms with Crippen molar-refractivity contribution in [3.05, 3.63) is 31.8 Å². The summed E-state index contributed by atoms with van der Waals surface area (Å²) < 4.78 is 2.43. The first-order valence-corrected chi connectivity index (χ1v) is 8.26. The van der Waals surface area contributed by atoms with E-state index in [1.165, 1.54) is 47.7 Å². The van der Waals surface area contributed by atoms with E-state index in [0.717, 1.165) is 4.47 Å². The van der Waals surface area contributed by atoms with Crippen molar-refractivity contribution < 1.29 is 0 Å². The van der Waals surface area contributed by atoms with Gasteiger partial charge in [0.25, 0.3) is 0 Å². The molecular formula is C14H19BrIN. The SMILES string of the molecule is NC(c1cc(Br)ccc1I)C1CCCCCC1. The lowest BCUT2D eigenvalue weighted by atomic mass is 9.88. The van der Waals surface area contributed by atoms with Gasteiger partial charge >= 0.3 is 0 Å². The third kappa shape index (κ3) is 3.67. The minimum atomic E-state index is 0.206. The Hall–Kier alpha value is 0.390. The third-order valence-electron chi connectivity index (χ3n) is 3.72. The summed E-state index contributed by atoms with van der Waals surface area (Å²) in [6.07, 6.45) is 8.07. The third-order valence-corrected chi connectivity index (χ3v) is 5.20. The van der Waals surface area contributed by atoms with Crippen LogP contribution >= 0.6 is 38.5 Å². The van der Waals surface area contributed by atoms with Gasteiger partial charge in [-0.1, -0.05) is 41.6 Å². The van der Waals surface area contributed by atoms with Crippen molar-refractivity contribution >= 4 is 38.5 Å². The molecule has 0 bridgehead atoms. The zero-order valence-electron chi connectivity index (χ0n) is 9.96. The van der Waals surface area contributed by atoms with Crippen molar-refractivity contribution in [1.82, 2.24) is 0 Å². The molecule has 2 rings (SSSR count). The molecule has 1 atom stereocenters. The molecule has 1 aliphatic carbocycles. The monoisotopic (exact) mass is 407 g/mol. The molecule has 0 heterocycles. The van der Waals surface area contributed by atoms with Gasteiger partial charge in [-0.25, -0.2) is 0 Å².